The maximum absolute atomic E-state index is 11.0. The Kier molecular flexibility index (Phi) is 3.28. The van der Waals surface area contributed by atoms with Gasteiger partial charge in [0.1, 0.15) is 11.5 Å². The van der Waals surface area contributed by atoms with Crippen LogP contribution in [0.15, 0.2) is 12.1 Å². The fraction of sp³-hybridized carbons (Fsp3) is 0.417. The SMILES string of the molecule is COc1cc(CC(C)=O)c(C)cc1C. The number of hydrogen-bond acceptors (Lipinski definition) is 2. The predicted octanol–water partition coefficient (Wildman–Crippen LogP) is 2.44. The molecule has 0 saturated heterocycles. The molecule has 0 N–H and O–H groups in total. The molecule has 0 bridgehead atoms. The van der Waals surface area contributed by atoms with Crippen LogP contribution in [0.3, 0.4) is 0 Å². The van der Waals surface area contributed by atoms with Crippen molar-refractivity contribution in [2.24, 2.45) is 0 Å². The summed E-state index contributed by atoms with van der Waals surface area (Å²) in [6.07, 6.45) is 0.489. The smallest absolute Gasteiger partial charge is 0.134 e. The molecule has 0 atom stereocenters. The third-order valence-electron chi connectivity index (χ3n) is 2.29. The lowest BCUT2D eigenvalue weighted by atomic mass is 10.0. The van der Waals surface area contributed by atoms with E-state index in [0.717, 1.165) is 22.4 Å². The van der Waals surface area contributed by atoms with Gasteiger partial charge in [-0.3, -0.25) is 4.79 Å². The van der Waals surface area contributed by atoms with E-state index in [0.29, 0.717) is 6.42 Å². The second-order valence-corrected chi connectivity index (χ2v) is 3.63. The minimum absolute atomic E-state index is 0.180. The first kappa shape index (κ1) is 10.8. The highest BCUT2D eigenvalue weighted by molar-refractivity contribution is 5.78. The Morgan fingerprint density at radius 1 is 1.29 bits per heavy atom. The summed E-state index contributed by atoms with van der Waals surface area (Å²) in [7, 11) is 1.65. The van der Waals surface area contributed by atoms with E-state index >= 15 is 0 Å². The quantitative estimate of drug-likeness (QED) is 0.735. The zero-order chi connectivity index (χ0) is 10.7. The Bertz CT molecular complexity index is 354. The van der Waals surface area contributed by atoms with Crippen molar-refractivity contribution in [3.8, 4) is 5.75 Å². The van der Waals surface area contributed by atoms with Crippen molar-refractivity contribution in [1.82, 2.24) is 0 Å². The van der Waals surface area contributed by atoms with Gasteiger partial charge in [0.05, 0.1) is 7.11 Å². The first-order valence-corrected chi connectivity index (χ1v) is 4.68. The number of methoxy groups -OCH3 is 1. The average Bonchev–Trinajstić information content (AvgIpc) is 2.09. The van der Waals surface area contributed by atoms with Crippen molar-refractivity contribution < 1.29 is 9.53 Å². The molecule has 0 spiro atoms. The lowest BCUT2D eigenvalue weighted by Crippen LogP contribution is -2.00. The molecule has 2 nitrogen and oxygen atoms in total. The van der Waals surface area contributed by atoms with E-state index in [1.54, 1.807) is 14.0 Å². The van der Waals surface area contributed by atoms with Crippen LogP contribution in [0, 0.1) is 13.8 Å². The van der Waals surface area contributed by atoms with Gasteiger partial charge in [-0.05, 0) is 43.5 Å². The maximum atomic E-state index is 11.0. The highest BCUT2D eigenvalue weighted by atomic mass is 16.5. The van der Waals surface area contributed by atoms with Gasteiger partial charge in [0.25, 0.3) is 0 Å². The van der Waals surface area contributed by atoms with Crippen molar-refractivity contribution in [3.05, 3.63) is 28.8 Å². The summed E-state index contributed by atoms with van der Waals surface area (Å²) in [5.41, 5.74) is 3.32. The van der Waals surface area contributed by atoms with E-state index in [-0.39, 0.29) is 5.78 Å². The van der Waals surface area contributed by atoms with Crippen LogP contribution in [-0.2, 0) is 11.2 Å². The number of carbonyl (C=O) groups is 1. The number of ketones is 1. The van der Waals surface area contributed by atoms with Crippen LogP contribution < -0.4 is 4.74 Å². The van der Waals surface area contributed by atoms with Crippen LogP contribution in [-0.4, -0.2) is 12.9 Å². The highest BCUT2D eigenvalue weighted by Crippen LogP contribution is 2.22. The number of ether oxygens (including phenoxy) is 1. The molecular weight excluding hydrogens is 176 g/mol. The van der Waals surface area contributed by atoms with Crippen LogP contribution in [0.25, 0.3) is 0 Å². The largest absolute Gasteiger partial charge is 0.496 e. The fourth-order valence-electron chi connectivity index (χ4n) is 1.55. The number of carbonyl (C=O) groups excluding carboxylic acids is 1. The van der Waals surface area contributed by atoms with E-state index < -0.39 is 0 Å². The maximum Gasteiger partial charge on any atom is 0.134 e. The summed E-state index contributed by atoms with van der Waals surface area (Å²) in [5.74, 6) is 1.03. The Hall–Kier alpha value is -1.31. The van der Waals surface area contributed by atoms with Gasteiger partial charge in [0, 0.05) is 6.42 Å². The molecule has 0 radical (unpaired) electrons. The molecule has 1 rings (SSSR count). The topological polar surface area (TPSA) is 26.3 Å². The third kappa shape index (κ3) is 2.34. The van der Waals surface area contributed by atoms with Gasteiger partial charge >= 0.3 is 0 Å². The van der Waals surface area contributed by atoms with Crippen LogP contribution in [0.1, 0.15) is 23.6 Å². The molecule has 0 heterocycles. The molecule has 0 saturated carbocycles. The second-order valence-electron chi connectivity index (χ2n) is 3.63. The van der Waals surface area contributed by atoms with Gasteiger partial charge in [0.2, 0.25) is 0 Å². The molecule has 0 amide bonds. The van der Waals surface area contributed by atoms with Crippen LogP contribution in [0.5, 0.6) is 5.75 Å². The van der Waals surface area contributed by atoms with Crippen molar-refractivity contribution in [3.63, 3.8) is 0 Å². The first-order chi connectivity index (χ1) is 6.54. The summed E-state index contributed by atoms with van der Waals surface area (Å²) in [4.78, 5) is 11.0. The van der Waals surface area contributed by atoms with E-state index in [4.69, 9.17) is 4.74 Å². The standard InChI is InChI=1S/C12H16O2/c1-8-5-9(2)12(14-4)7-11(8)6-10(3)13/h5,7H,6H2,1-4H3. The van der Waals surface area contributed by atoms with Gasteiger partial charge in [-0.2, -0.15) is 0 Å². The average molecular weight is 192 g/mol. The molecule has 2 heteroatoms. The molecule has 14 heavy (non-hydrogen) atoms. The van der Waals surface area contributed by atoms with Crippen LogP contribution in [0.2, 0.25) is 0 Å². The van der Waals surface area contributed by atoms with Gasteiger partial charge in [-0.15, -0.1) is 0 Å². The summed E-state index contributed by atoms with van der Waals surface area (Å²) in [5, 5.41) is 0. The van der Waals surface area contributed by atoms with Crippen molar-refractivity contribution in [2.75, 3.05) is 7.11 Å². The molecule has 1 aromatic carbocycles. The summed E-state index contributed by atoms with van der Waals surface area (Å²) in [6.45, 7) is 5.62. The van der Waals surface area contributed by atoms with E-state index in [2.05, 4.69) is 6.07 Å². The van der Waals surface area contributed by atoms with Crippen molar-refractivity contribution in [1.29, 1.82) is 0 Å². The van der Waals surface area contributed by atoms with E-state index in [1.807, 2.05) is 19.9 Å². The minimum Gasteiger partial charge on any atom is -0.496 e. The Morgan fingerprint density at radius 2 is 1.93 bits per heavy atom. The first-order valence-electron chi connectivity index (χ1n) is 4.68. The lowest BCUT2D eigenvalue weighted by Gasteiger charge is -2.10. The van der Waals surface area contributed by atoms with Crippen LogP contribution in [0.4, 0.5) is 0 Å². The van der Waals surface area contributed by atoms with E-state index in [9.17, 15) is 4.79 Å². The van der Waals surface area contributed by atoms with Crippen molar-refractivity contribution in [2.45, 2.75) is 27.2 Å². The van der Waals surface area contributed by atoms with E-state index in [1.165, 1.54) is 0 Å². The molecule has 0 aliphatic heterocycles. The zero-order valence-corrected chi connectivity index (χ0v) is 9.18. The number of benzene rings is 1. The molecule has 1 aromatic rings. The lowest BCUT2D eigenvalue weighted by molar-refractivity contribution is -0.116. The van der Waals surface area contributed by atoms with Crippen LogP contribution >= 0.6 is 0 Å². The number of rotatable bonds is 3. The zero-order valence-electron chi connectivity index (χ0n) is 9.18. The molecule has 0 aliphatic carbocycles. The summed E-state index contributed by atoms with van der Waals surface area (Å²) < 4.78 is 5.21. The molecule has 0 fully saturated rings. The Morgan fingerprint density at radius 3 is 2.43 bits per heavy atom. The number of Topliss-reactive ketones (excluding diaryl/α,β-unsaturated/α-hetero) is 1. The second kappa shape index (κ2) is 4.27. The molecule has 76 valence electrons. The molecule has 0 unspecified atom stereocenters. The molecule has 0 aromatic heterocycles. The number of hydrogen-bond donors (Lipinski definition) is 0. The van der Waals surface area contributed by atoms with Gasteiger partial charge in [-0.1, -0.05) is 6.07 Å². The molecule has 0 aliphatic rings. The van der Waals surface area contributed by atoms with Gasteiger partial charge in [-0.25, -0.2) is 0 Å². The fourth-order valence-corrected chi connectivity index (χ4v) is 1.55. The van der Waals surface area contributed by atoms with Gasteiger partial charge in [0.15, 0.2) is 0 Å². The Labute approximate surface area is 84.9 Å². The van der Waals surface area contributed by atoms with Crippen molar-refractivity contribution >= 4 is 5.78 Å². The monoisotopic (exact) mass is 192 g/mol. The molecular formula is C12H16O2. The summed E-state index contributed by atoms with van der Waals surface area (Å²) in [6, 6.07) is 4.00. The number of aryl methyl sites for hydroxylation is 2. The third-order valence-corrected chi connectivity index (χ3v) is 2.29. The Balaban J connectivity index is 3.10. The normalized spacial score (nSPS) is 10.0. The highest BCUT2D eigenvalue weighted by Gasteiger charge is 2.06. The predicted molar refractivity (Wildman–Crippen MR) is 56.9 cm³/mol. The van der Waals surface area contributed by atoms with Gasteiger partial charge < -0.3 is 4.74 Å². The minimum atomic E-state index is 0.180. The summed E-state index contributed by atoms with van der Waals surface area (Å²) >= 11 is 0.